The lowest BCUT2D eigenvalue weighted by Gasteiger charge is -2.09. The first kappa shape index (κ1) is 14.7. The van der Waals surface area contributed by atoms with Gasteiger partial charge in [-0.3, -0.25) is 4.79 Å². The minimum Gasteiger partial charge on any atom is -0.319 e. The van der Waals surface area contributed by atoms with E-state index in [-0.39, 0.29) is 11.1 Å². The number of hydrogen-bond donors (Lipinski definition) is 1. The van der Waals surface area contributed by atoms with Crippen LogP contribution < -0.4 is 5.32 Å². The highest BCUT2D eigenvalue weighted by Crippen LogP contribution is 2.24. The van der Waals surface area contributed by atoms with Crippen LogP contribution in [-0.4, -0.2) is 10.9 Å². The molecule has 3 nitrogen and oxygen atoms in total. The minimum atomic E-state index is -0.223. The average molecular weight is 451 g/mol. The van der Waals surface area contributed by atoms with Crippen LogP contribution in [0.4, 0.5) is 5.69 Å². The third-order valence-electron chi connectivity index (χ3n) is 2.40. The van der Waals surface area contributed by atoms with E-state index in [1.165, 1.54) is 0 Å². The molecule has 2 aromatic rings. The molecule has 98 valence electrons. The molecule has 0 aliphatic heterocycles. The summed E-state index contributed by atoms with van der Waals surface area (Å²) in [5.41, 5.74) is 2.00. The molecule has 0 saturated heterocycles. The zero-order valence-electron chi connectivity index (χ0n) is 9.88. The molecule has 0 spiro atoms. The second-order valence-electron chi connectivity index (χ2n) is 3.93. The van der Waals surface area contributed by atoms with E-state index in [0.29, 0.717) is 11.3 Å². The van der Waals surface area contributed by atoms with Gasteiger partial charge in [0.05, 0.1) is 11.3 Å². The van der Waals surface area contributed by atoms with E-state index in [9.17, 15) is 4.79 Å². The second-order valence-corrected chi connectivity index (χ2v) is 6.39. The molecule has 1 aromatic carbocycles. The fourth-order valence-corrected chi connectivity index (χ4v) is 2.57. The van der Waals surface area contributed by atoms with Gasteiger partial charge in [0.2, 0.25) is 0 Å². The van der Waals surface area contributed by atoms with E-state index in [4.69, 9.17) is 11.6 Å². The number of nitrogens with one attached hydrogen (secondary N) is 1. The summed E-state index contributed by atoms with van der Waals surface area (Å²) in [5, 5.41) is 3.05. The molecule has 0 saturated carbocycles. The third-order valence-corrected chi connectivity index (χ3v) is 4.06. The van der Waals surface area contributed by atoms with Gasteiger partial charge in [0.15, 0.2) is 5.15 Å². The van der Waals surface area contributed by atoms with Crippen molar-refractivity contribution in [1.82, 2.24) is 4.98 Å². The van der Waals surface area contributed by atoms with Crippen LogP contribution in [-0.2, 0) is 0 Å². The Morgan fingerprint density at radius 2 is 2.16 bits per heavy atom. The van der Waals surface area contributed by atoms with E-state index in [1.54, 1.807) is 18.3 Å². The van der Waals surface area contributed by atoms with Crippen LogP contribution in [0, 0.1) is 10.5 Å². The molecule has 0 bridgehead atoms. The topological polar surface area (TPSA) is 42.0 Å². The number of nitrogens with zero attached hydrogens (tertiary/aromatic N) is 1. The van der Waals surface area contributed by atoms with E-state index in [1.807, 2.05) is 19.1 Å². The fraction of sp³-hybridized carbons (Fsp3) is 0.0769. The number of anilines is 1. The highest BCUT2D eigenvalue weighted by atomic mass is 127. The summed E-state index contributed by atoms with van der Waals surface area (Å²) >= 11 is 11.5. The van der Waals surface area contributed by atoms with E-state index in [2.05, 4.69) is 48.8 Å². The van der Waals surface area contributed by atoms with Crippen LogP contribution in [0.3, 0.4) is 0 Å². The number of carbonyl (C=O) groups excluding carboxylic acids is 1. The van der Waals surface area contributed by atoms with E-state index >= 15 is 0 Å². The van der Waals surface area contributed by atoms with Crippen molar-refractivity contribution in [2.45, 2.75) is 6.92 Å². The van der Waals surface area contributed by atoms with Gasteiger partial charge in [0.1, 0.15) is 0 Å². The standard InChI is InChI=1S/C13H9BrClIN2O/c1-7-4-11(12(15)17-6-7)18-13(19)9-5-8(16)2-3-10(9)14/h2-6H,1H3,(H,18,19). The maximum atomic E-state index is 12.2. The van der Waals surface area contributed by atoms with Gasteiger partial charge in [-0.05, 0) is 75.3 Å². The predicted molar refractivity (Wildman–Crippen MR) is 88.8 cm³/mol. The Kier molecular flexibility index (Phi) is 4.81. The maximum absolute atomic E-state index is 12.2. The van der Waals surface area contributed by atoms with Crippen molar-refractivity contribution in [2.75, 3.05) is 5.32 Å². The molecular formula is C13H9BrClIN2O. The first-order valence-corrected chi connectivity index (χ1v) is 7.61. The number of carbonyl (C=O) groups is 1. The molecule has 1 amide bonds. The van der Waals surface area contributed by atoms with E-state index in [0.717, 1.165) is 13.6 Å². The summed E-state index contributed by atoms with van der Waals surface area (Å²) in [7, 11) is 0. The highest BCUT2D eigenvalue weighted by Gasteiger charge is 2.13. The zero-order chi connectivity index (χ0) is 14.0. The largest absolute Gasteiger partial charge is 0.319 e. The molecule has 0 unspecified atom stereocenters. The van der Waals surface area contributed by atoms with Crippen molar-refractivity contribution in [3.8, 4) is 0 Å². The number of rotatable bonds is 2. The van der Waals surface area contributed by atoms with Gasteiger partial charge in [-0.25, -0.2) is 4.98 Å². The lowest BCUT2D eigenvalue weighted by molar-refractivity contribution is 0.102. The number of halogens is 3. The van der Waals surface area contributed by atoms with Crippen LogP contribution in [0.5, 0.6) is 0 Å². The van der Waals surface area contributed by atoms with Crippen LogP contribution in [0.15, 0.2) is 34.9 Å². The van der Waals surface area contributed by atoms with Crippen molar-refractivity contribution >= 4 is 61.7 Å². The molecule has 1 N–H and O–H groups in total. The Morgan fingerprint density at radius 1 is 1.42 bits per heavy atom. The van der Waals surface area contributed by atoms with Crippen molar-refractivity contribution in [2.24, 2.45) is 0 Å². The fourth-order valence-electron chi connectivity index (χ4n) is 1.50. The van der Waals surface area contributed by atoms with Gasteiger partial charge >= 0.3 is 0 Å². The summed E-state index contributed by atoms with van der Waals surface area (Å²) in [6.07, 6.45) is 1.65. The molecule has 19 heavy (non-hydrogen) atoms. The van der Waals surface area contributed by atoms with Gasteiger partial charge in [0, 0.05) is 14.2 Å². The van der Waals surface area contributed by atoms with Gasteiger partial charge in [-0.15, -0.1) is 0 Å². The lowest BCUT2D eigenvalue weighted by atomic mass is 10.2. The maximum Gasteiger partial charge on any atom is 0.256 e. The summed E-state index contributed by atoms with van der Waals surface area (Å²) in [6.45, 7) is 1.89. The molecular weight excluding hydrogens is 442 g/mol. The third kappa shape index (κ3) is 3.67. The molecule has 0 atom stereocenters. The molecule has 1 aromatic heterocycles. The van der Waals surface area contributed by atoms with Crippen molar-refractivity contribution < 1.29 is 4.79 Å². The molecule has 0 aliphatic carbocycles. The molecule has 6 heteroatoms. The van der Waals surface area contributed by atoms with Gasteiger partial charge < -0.3 is 5.32 Å². The van der Waals surface area contributed by atoms with Crippen LogP contribution in [0.2, 0.25) is 5.15 Å². The zero-order valence-corrected chi connectivity index (χ0v) is 14.4. The SMILES string of the molecule is Cc1cnc(Cl)c(NC(=O)c2cc(I)ccc2Br)c1. The molecule has 2 rings (SSSR count). The van der Waals surface area contributed by atoms with Crippen molar-refractivity contribution in [3.05, 3.63) is 54.8 Å². The summed E-state index contributed by atoms with van der Waals surface area (Å²) in [5.74, 6) is -0.223. The first-order chi connectivity index (χ1) is 8.97. The number of aryl methyl sites for hydroxylation is 1. The summed E-state index contributed by atoms with van der Waals surface area (Å²) in [6, 6.07) is 7.35. The van der Waals surface area contributed by atoms with Crippen LogP contribution >= 0.6 is 50.1 Å². The smallest absolute Gasteiger partial charge is 0.256 e. The van der Waals surface area contributed by atoms with E-state index < -0.39 is 0 Å². The molecule has 0 aliphatic rings. The lowest BCUT2D eigenvalue weighted by Crippen LogP contribution is -2.13. The van der Waals surface area contributed by atoms with Crippen LogP contribution in [0.1, 0.15) is 15.9 Å². The Bertz CT molecular complexity index is 649. The van der Waals surface area contributed by atoms with Crippen molar-refractivity contribution in [3.63, 3.8) is 0 Å². The molecule has 0 fully saturated rings. The van der Waals surface area contributed by atoms with Gasteiger partial charge in [-0.1, -0.05) is 11.6 Å². The van der Waals surface area contributed by atoms with Crippen LogP contribution in [0.25, 0.3) is 0 Å². The Hall–Kier alpha value is -0.660. The van der Waals surface area contributed by atoms with Crippen molar-refractivity contribution in [1.29, 1.82) is 0 Å². The number of hydrogen-bond acceptors (Lipinski definition) is 2. The summed E-state index contributed by atoms with van der Waals surface area (Å²) < 4.78 is 1.72. The molecule has 1 heterocycles. The Balaban J connectivity index is 2.30. The first-order valence-electron chi connectivity index (χ1n) is 5.36. The monoisotopic (exact) mass is 450 g/mol. The normalized spacial score (nSPS) is 10.3. The Morgan fingerprint density at radius 3 is 2.89 bits per heavy atom. The summed E-state index contributed by atoms with van der Waals surface area (Å²) in [4.78, 5) is 16.2. The second kappa shape index (κ2) is 6.19. The number of amides is 1. The minimum absolute atomic E-state index is 0.223. The quantitative estimate of drug-likeness (QED) is 0.533. The molecule has 0 radical (unpaired) electrons. The van der Waals surface area contributed by atoms with Gasteiger partial charge in [-0.2, -0.15) is 0 Å². The Labute approximate surface area is 138 Å². The number of benzene rings is 1. The number of aromatic nitrogens is 1. The average Bonchev–Trinajstić information content (AvgIpc) is 2.36. The highest BCUT2D eigenvalue weighted by molar-refractivity contribution is 14.1. The number of pyridine rings is 1. The predicted octanol–water partition coefficient (Wildman–Crippen LogP) is 4.66. The van der Waals surface area contributed by atoms with Gasteiger partial charge in [0.25, 0.3) is 5.91 Å².